The smallest absolute Gasteiger partial charge is 0.323 e. The number of carbonyl (C=O) groups excluding carboxylic acids is 1. The zero-order valence-corrected chi connectivity index (χ0v) is 14.9. The molecule has 3 heterocycles. The minimum Gasteiger partial charge on any atom is -0.382 e. The molecule has 1 fully saturated rings. The van der Waals surface area contributed by atoms with Crippen LogP contribution in [0.1, 0.15) is 13.0 Å². The number of rotatable bonds is 5. The van der Waals surface area contributed by atoms with E-state index in [9.17, 15) is 9.18 Å². The molecule has 2 aromatic rings. The molecule has 9 heteroatoms. The van der Waals surface area contributed by atoms with Crippen LogP contribution in [0.3, 0.4) is 0 Å². The van der Waals surface area contributed by atoms with Crippen LogP contribution in [-0.2, 0) is 4.74 Å². The third-order valence-corrected chi connectivity index (χ3v) is 4.31. The number of nitrogens with zero attached hydrogens (tertiary/aromatic N) is 5. The fraction of sp³-hybridized carbons (Fsp3) is 0.471. The predicted octanol–water partition coefficient (Wildman–Crippen LogP) is 1.98. The van der Waals surface area contributed by atoms with Gasteiger partial charge in [-0.15, -0.1) is 0 Å². The number of nitrogens with one attached hydrogen (secondary N) is 1. The van der Waals surface area contributed by atoms with Crippen molar-refractivity contribution in [3.05, 3.63) is 36.4 Å². The van der Waals surface area contributed by atoms with Crippen molar-refractivity contribution in [1.82, 2.24) is 19.7 Å². The minimum absolute atomic E-state index is 0.0856. The van der Waals surface area contributed by atoms with Gasteiger partial charge in [-0.3, -0.25) is 10.00 Å². The highest BCUT2D eigenvalue weighted by atomic mass is 19.1. The van der Waals surface area contributed by atoms with Gasteiger partial charge in [0.25, 0.3) is 0 Å². The number of carbonyl (C=O) groups is 1. The first-order chi connectivity index (χ1) is 12.6. The molecule has 2 aromatic heterocycles. The Hall–Kier alpha value is -2.68. The molecule has 0 bridgehead atoms. The first-order valence-corrected chi connectivity index (χ1v) is 8.54. The van der Waals surface area contributed by atoms with E-state index in [2.05, 4.69) is 15.4 Å². The first kappa shape index (κ1) is 18.1. The molecule has 26 heavy (non-hydrogen) atoms. The average molecular weight is 362 g/mol. The van der Waals surface area contributed by atoms with Crippen molar-refractivity contribution in [3.63, 3.8) is 0 Å². The summed E-state index contributed by atoms with van der Waals surface area (Å²) in [6.07, 6.45) is 3.37. The largest absolute Gasteiger partial charge is 0.382 e. The predicted molar refractivity (Wildman–Crippen MR) is 95.8 cm³/mol. The number of aromatic nitrogens is 3. The van der Waals surface area contributed by atoms with Gasteiger partial charge in [0.2, 0.25) is 0 Å². The Bertz CT molecular complexity index is 744. The molecule has 0 aromatic carbocycles. The van der Waals surface area contributed by atoms with Crippen LogP contribution in [0.2, 0.25) is 0 Å². The van der Waals surface area contributed by atoms with Crippen molar-refractivity contribution in [2.24, 2.45) is 0 Å². The maximum absolute atomic E-state index is 13.8. The molecule has 3 rings (SSSR count). The molecule has 8 nitrogen and oxygen atoms in total. The van der Waals surface area contributed by atoms with Gasteiger partial charge in [-0.25, -0.2) is 14.2 Å². The second-order valence-electron chi connectivity index (χ2n) is 6.20. The van der Waals surface area contributed by atoms with Gasteiger partial charge in [0.1, 0.15) is 0 Å². The fourth-order valence-corrected chi connectivity index (χ4v) is 2.89. The van der Waals surface area contributed by atoms with Gasteiger partial charge in [0, 0.05) is 51.7 Å². The summed E-state index contributed by atoms with van der Waals surface area (Å²) in [4.78, 5) is 20.0. The molecule has 0 saturated carbocycles. The number of hydrogen-bond acceptors (Lipinski definition) is 5. The van der Waals surface area contributed by atoms with Crippen molar-refractivity contribution >= 4 is 17.7 Å². The SMILES string of the molecule is COCC(C)n1ccc(NC(=O)N2CCN(c3ncccc3F)CC2)n1. The third-order valence-electron chi connectivity index (χ3n) is 4.31. The highest BCUT2D eigenvalue weighted by molar-refractivity contribution is 5.88. The zero-order chi connectivity index (χ0) is 18.5. The molecule has 2 amide bonds. The molecule has 0 aliphatic carbocycles. The Morgan fingerprint density at radius 1 is 1.35 bits per heavy atom. The van der Waals surface area contributed by atoms with E-state index in [1.165, 1.54) is 6.07 Å². The monoisotopic (exact) mass is 362 g/mol. The normalized spacial score (nSPS) is 15.8. The second-order valence-corrected chi connectivity index (χ2v) is 6.20. The van der Waals surface area contributed by atoms with Crippen molar-refractivity contribution in [2.75, 3.05) is 50.1 Å². The van der Waals surface area contributed by atoms with Gasteiger partial charge < -0.3 is 14.5 Å². The van der Waals surface area contributed by atoms with E-state index in [1.54, 1.807) is 41.2 Å². The summed E-state index contributed by atoms with van der Waals surface area (Å²) in [7, 11) is 1.64. The topological polar surface area (TPSA) is 75.5 Å². The van der Waals surface area contributed by atoms with E-state index in [0.717, 1.165) is 0 Å². The summed E-state index contributed by atoms with van der Waals surface area (Å²) >= 11 is 0. The van der Waals surface area contributed by atoms with Crippen LogP contribution >= 0.6 is 0 Å². The van der Waals surface area contributed by atoms with Crippen LogP contribution in [0.25, 0.3) is 0 Å². The number of halogens is 1. The molecule has 1 saturated heterocycles. The van der Waals surface area contributed by atoms with E-state index in [-0.39, 0.29) is 17.9 Å². The van der Waals surface area contributed by atoms with E-state index in [1.807, 2.05) is 11.8 Å². The van der Waals surface area contributed by atoms with E-state index < -0.39 is 0 Å². The van der Waals surface area contributed by atoms with Crippen LogP contribution in [0, 0.1) is 5.82 Å². The first-order valence-electron chi connectivity index (χ1n) is 8.54. The van der Waals surface area contributed by atoms with Crippen molar-refractivity contribution in [2.45, 2.75) is 13.0 Å². The van der Waals surface area contributed by atoms with Gasteiger partial charge in [-0.1, -0.05) is 0 Å². The molecule has 1 aliphatic rings. The van der Waals surface area contributed by atoms with E-state index >= 15 is 0 Å². The number of anilines is 2. The molecular weight excluding hydrogens is 339 g/mol. The number of methoxy groups -OCH3 is 1. The van der Waals surface area contributed by atoms with Crippen LogP contribution in [0.15, 0.2) is 30.6 Å². The van der Waals surface area contributed by atoms with Crippen LogP contribution in [0.5, 0.6) is 0 Å². The summed E-state index contributed by atoms with van der Waals surface area (Å²) in [5.74, 6) is 0.482. The van der Waals surface area contributed by atoms with Gasteiger partial charge in [-0.05, 0) is 19.1 Å². The maximum atomic E-state index is 13.8. The number of urea groups is 1. The minimum atomic E-state index is -0.346. The summed E-state index contributed by atoms with van der Waals surface area (Å²) in [5, 5.41) is 7.15. The average Bonchev–Trinajstić information content (AvgIpc) is 3.11. The summed E-state index contributed by atoms with van der Waals surface area (Å²) in [5.41, 5.74) is 0. The Morgan fingerprint density at radius 3 is 2.81 bits per heavy atom. The van der Waals surface area contributed by atoms with E-state index in [4.69, 9.17) is 4.74 Å². The molecular formula is C17H23FN6O2. The molecule has 0 radical (unpaired) electrons. The van der Waals surface area contributed by atoms with Crippen molar-refractivity contribution < 1.29 is 13.9 Å². The van der Waals surface area contributed by atoms with Crippen molar-refractivity contribution in [1.29, 1.82) is 0 Å². The summed E-state index contributed by atoms with van der Waals surface area (Å²) < 4.78 is 20.7. The summed E-state index contributed by atoms with van der Waals surface area (Å²) in [6, 6.07) is 4.58. The lowest BCUT2D eigenvalue weighted by atomic mass is 10.3. The number of ether oxygens (including phenoxy) is 1. The highest BCUT2D eigenvalue weighted by Gasteiger charge is 2.24. The number of hydrogen-bond donors (Lipinski definition) is 1. The Kier molecular flexibility index (Phi) is 5.67. The van der Waals surface area contributed by atoms with Gasteiger partial charge in [0.05, 0.1) is 12.6 Å². The van der Waals surface area contributed by atoms with Crippen LogP contribution in [0.4, 0.5) is 20.8 Å². The van der Waals surface area contributed by atoms with Crippen molar-refractivity contribution in [3.8, 4) is 0 Å². The van der Waals surface area contributed by atoms with E-state index in [0.29, 0.717) is 44.4 Å². The molecule has 1 aliphatic heterocycles. The van der Waals surface area contributed by atoms with Crippen LogP contribution < -0.4 is 10.2 Å². The Balaban J connectivity index is 1.53. The maximum Gasteiger partial charge on any atom is 0.323 e. The van der Waals surface area contributed by atoms with Gasteiger partial charge in [-0.2, -0.15) is 5.10 Å². The zero-order valence-electron chi connectivity index (χ0n) is 14.9. The molecule has 1 unspecified atom stereocenters. The summed E-state index contributed by atoms with van der Waals surface area (Å²) in [6.45, 7) is 4.56. The van der Waals surface area contributed by atoms with Gasteiger partial charge in [0.15, 0.2) is 17.5 Å². The van der Waals surface area contributed by atoms with Gasteiger partial charge >= 0.3 is 6.03 Å². The fourth-order valence-electron chi connectivity index (χ4n) is 2.89. The molecule has 140 valence electrons. The second kappa shape index (κ2) is 8.13. The lowest BCUT2D eigenvalue weighted by molar-refractivity contribution is 0.157. The standard InChI is InChI=1S/C17H23FN6O2/c1-13(12-26-2)24-7-5-15(21-24)20-17(25)23-10-8-22(9-11-23)16-14(18)4-3-6-19-16/h3-7,13H,8-12H2,1-2H3,(H,20,21,25). The number of amides is 2. The highest BCUT2D eigenvalue weighted by Crippen LogP contribution is 2.17. The third kappa shape index (κ3) is 4.10. The Morgan fingerprint density at radius 2 is 2.12 bits per heavy atom. The molecule has 1 atom stereocenters. The molecule has 0 spiro atoms. The quantitative estimate of drug-likeness (QED) is 0.880. The number of piperazine rings is 1. The number of pyridine rings is 1. The lowest BCUT2D eigenvalue weighted by Crippen LogP contribution is -2.50. The Labute approximate surface area is 151 Å². The van der Waals surface area contributed by atoms with Crippen LogP contribution in [-0.4, -0.2) is 65.6 Å². The molecule has 1 N–H and O–H groups in total. The lowest BCUT2D eigenvalue weighted by Gasteiger charge is -2.35.